The van der Waals surface area contributed by atoms with Crippen LogP contribution in [0.5, 0.6) is 0 Å². The van der Waals surface area contributed by atoms with Crippen molar-refractivity contribution in [1.82, 2.24) is 0 Å². The summed E-state index contributed by atoms with van der Waals surface area (Å²) in [5.41, 5.74) is 6.28. The molecule has 0 heterocycles. The fourth-order valence-electron chi connectivity index (χ4n) is 3.08. The van der Waals surface area contributed by atoms with Gasteiger partial charge in [-0.05, 0) is 19.3 Å². The van der Waals surface area contributed by atoms with E-state index in [0.717, 1.165) is 19.3 Å². The quantitative estimate of drug-likeness (QED) is 0.195. The number of aliphatic hydroxyl groups excluding tert-OH is 1. The maximum atomic E-state index is 8.76. The molecule has 0 amide bonds. The number of ether oxygens (including phenoxy) is 2. The van der Waals surface area contributed by atoms with E-state index in [1.165, 1.54) is 64.2 Å². The first-order chi connectivity index (χ1) is 12.3. The number of hydrogen-bond acceptors (Lipinski definition) is 4. The van der Waals surface area contributed by atoms with Crippen LogP contribution in [0.15, 0.2) is 12.2 Å². The van der Waals surface area contributed by atoms with Gasteiger partial charge in [-0.2, -0.15) is 0 Å². The lowest BCUT2D eigenvalue weighted by molar-refractivity contribution is -0.0831. The zero-order valence-electron chi connectivity index (χ0n) is 16.8. The van der Waals surface area contributed by atoms with Gasteiger partial charge in [0.15, 0.2) is 0 Å². The number of rotatable bonds is 19. The van der Waals surface area contributed by atoms with Crippen molar-refractivity contribution in [3.63, 3.8) is 0 Å². The molecule has 0 aliphatic carbocycles. The Bertz CT molecular complexity index is 284. The molecule has 0 aliphatic heterocycles. The summed E-state index contributed by atoms with van der Waals surface area (Å²) in [4.78, 5) is 0. The summed E-state index contributed by atoms with van der Waals surface area (Å²) in [5.74, 6) is 0. The monoisotopic (exact) mass is 357 g/mol. The summed E-state index contributed by atoms with van der Waals surface area (Å²) in [6.45, 7) is 2.67. The second-order valence-electron chi connectivity index (χ2n) is 6.98. The third-order valence-corrected chi connectivity index (χ3v) is 4.66. The molecule has 0 bridgehead atoms. The van der Waals surface area contributed by atoms with E-state index in [4.69, 9.17) is 20.3 Å². The van der Waals surface area contributed by atoms with Crippen molar-refractivity contribution in [3.05, 3.63) is 12.2 Å². The fraction of sp³-hybridized carbons (Fsp3) is 0.905. The van der Waals surface area contributed by atoms with Crippen LogP contribution in [0.2, 0.25) is 0 Å². The van der Waals surface area contributed by atoms with Crippen LogP contribution in [0.1, 0.15) is 90.4 Å². The average molecular weight is 358 g/mol. The van der Waals surface area contributed by atoms with E-state index < -0.39 is 0 Å². The van der Waals surface area contributed by atoms with Gasteiger partial charge in [-0.25, -0.2) is 0 Å². The molecule has 0 aromatic carbocycles. The molecule has 3 N–H and O–H groups in total. The Morgan fingerprint density at radius 2 is 1.48 bits per heavy atom. The van der Waals surface area contributed by atoms with Crippen molar-refractivity contribution in [3.8, 4) is 0 Å². The van der Waals surface area contributed by atoms with Gasteiger partial charge in [0, 0.05) is 13.2 Å². The van der Waals surface area contributed by atoms with Gasteiger partial charge >= 0.3 is 0 Å². The molecule has 4 heteroatoms. The van der Waals surface area contributed by atoms with Gasteiger partial charge in [0.25, 0.3) is 0 Å². The molecule has 2 atom stereocenters. The molecular weight excluding hydrogens is 314 g/mol. The summed E-state index contributed by atoms with van der Waals surface area (Å²) in [7, 11) is 1.65. The van der Waals surface area contributed by atoms with Gasteiger partial charge in [0.05, 0.1) is 12.7 Å². The third kappa shape index (κ3) is 16.8. The molecule has 0 radical (unpaired) electrons. The number of hydrogen-bond donors (Lipinski definition) is 2. The molecule has 0 spiro atoms. The van der Waals surface area contributed by atoms with Crippen LogP contribution < -0.4 is 5.73 Å². The van der Waals surface area contributed by atoms with Gasteiger partial charge < -0.3 is 20.3 Å². The fourth-order valence-corrected chi connectivity index (χ4v) is 3.08. The van der Waals surface area contributed by atoms with E-state index in [9.17, 15) is 0 Å². The predicted octanol–water partition coefficient (Wildman–Crippen LogP) is 4.94. The lowest BCUT2D eigenvalue weighted by Gasteiger charge is -2.23. The minimum atomic E-state index is 0.0251. The Balaban J connectivity index is 3.75. The number of nitrogens with two attached hydrogens (primary N) is 1. The number of unbranched alkanes of at least 4 members (excludes halogenated alkanes) is 9. The number of allylic oxidation sites excluding steroid dienone is 1. The highest BCUT2D eigenvalue weighted by atomic mass is 16.7. The smallest absolute Gasteiger partial charge is 0.146 e. The standard InChI is InChI=1S/C21H43NO3/c1-3-4-5-6-7-8-9-10-11-14-17-21(25-19-24-2)20(22)16-13-12-15-18-23/h12,15,20-21,23H,3-11,13-14,16-19,22H2,1-2H3/b15-12+/t20-,21-/m1/s1. The normalized spacial score (nSPS) is 14.2. The van der Waals surface area contributed by atoms with Gasteiger partial charge in [0.2, 0.25) is 0 Å². The van der Waals surface area contributed by atoms with Gasteiger partial charge in [0.1, 0.15) is 6.79 Å². The Morgan fingerprint density at radius 1 is 0.880 bits per heavy atom. The van der Waals surface area contributed by atoms with Crippen LogP contribution >= 0.6 is 0 Å². The molecule has 150 valence electrons. The summed E-state index contributed by atoms with van der Waals surface area (Å²) >= 11 is 0. The van der Waals surface area contributed by atoms with E-state index >= 15 is 0 Å². The molecule has 0 aliphatic rings. The van der Waals surface area contributed by atoms with Gasteiger partial charge in [-0.15, -0.1) is 0 Å². The Labute approximate surface area is 156 Å². The van der Waals surface area contributed by atoms with Crippen LogP contribution in [-0.4, -0.2) is 37.8 Å². The van der Waals surface area contributed by atoms with Crippen molar-refractivity contribution < 1.29 is 14.6 Å². The van der Waals surface area contributed by atoms with Crippen LogP contribution in [0.3, 0.4) is 0 Å². The van der Waals surface area contributed by atoms with Crippen molar-refractivity contribution in [2.45, 2.75) is 103 Å². The summed E-state index contributed by atoms with van der Waals surface area (Å²) in [6, 6.07) is 0.0251. The minimum absolute atomic E-state index is 0.0251. The Kier molecular flexibility index (Phi) is 19.6. The minimum Gasteiger partial charge on any atom is -0.392 e. The first kappa shape index (κ1) is 24.6. The summed E-state index contributed by atoms with van der Waals surface area (Å²) in [5, 5.41) is 8.76. The van der Waals surface area contributed by atoms with E-state index in [2.05, 4.69) is 6.92 Å². The van der Waals surface area contributed by atoms with Crippen LogP contribution in [0.25, 0.3) is 0 Å². The Morgan fingerprint density at radius 3 is 2.04 bits per heavy atom. The van der Waals surface area contributed by atoms with Crippen LogP contribution in [0, 0.1) is 0 Å². The van der Waals surface area contributed by atoms with E-state index in [1.54, 1.807) is 13.2 Å². The highest BCUT2D eigenvalue weighted by Crippen LogP contribution is 2.16. The van der Waals surface area contributed by atoms with Crippen molar-refractivity contribution >= 4 is 0 Å². The summed E-state index contributed by atoms with van der Waals surface area (Å²) in [6.07, 6.45) is 20.0. The summed E-state index contributed by atoms with van der Waals surface area (Å²) < 4.78 is 10.8. The first-order valence-electron chi connectivity index (χ1n) is 10.4. The van der Waals surface area contributed by atoms with Crippen LogP contribution in [-0.2, 0) is 9.47 Å². The van der Waals surface area contributed by atoms with E-state index in [1.807, 2.05) is 6.08 Å². The Hall–Kier alpha value is -0.420. The number of methoxy groups -OCH3 is 1. The second-order valence-corrected chi connectivity index (χ2v) is 6.98. The molecule has 4 nitrogen and oxygen atoms in total. The van der Waals surface area contributed by atoms with Gasteiger partial charge in [-0.1, -0.05) is 83.3 Å². The van der Waals surface area contributed by atoms with Crippen molar-refractivity contribution in [2.75, 3.05) is 20.5 Å². The lowest BCUT2D eigenvalue weighted by atomic mass is 9.99. The molecule has 25 heavy (non-hydrogen) atoms. The van der Waals surface area contributed by atoms with Crippen molar-refractivity contribution in [2.24, 2.45) is 5.73 Å². The average Bonchev–Trinajstić information content (AvgIpc) is 2.62. The predicted molar refractivity (Wildman–Crippen MR) is 107 cm³/mol. The van der Waals surface area contributed by atoms with Gasteiger partial charge in [-0.3, -0.25) is 0 Å². The van der Waals surface area contributed by atoms with Crippen molar-refractivity contribution in [1.29, 1.82) is 0 Å². The topological polar surface area (TPSA) is 64.7 Å². The van der Waals surface area contributed by atoms with E-state index in [0.29, 0.717) is 6.79 Å². The molecule has 0 aromatic rings. The highest BCUT2D eigenvalue weighted by Gasteiger charge is 2.17. The zero-order valence-corrected chi connectivity index (χ0v) is 16.8. The molecule has 0 saturated heterocycles. The van der Waals surface area contributed by atoms with E-state index in [-0.39, 0.29) is 18.8 Å². The zero-order chi connectivity index (χ0) is 18.6. The maximum absolute atomic E-state index is 8.76. The molecule has 0 aromatic heterocycles. The number of aliphatic hydroxyl groups is 1. The molecular formula is C21H43NO3. The largest absolute Gasteiger partial charge is 0.392 e. The molecule has 0 saturated carbocycles. The molecule has 0 unspecified atom stereocenters. The maximum Gasteiger partial charge on any atom is 0.146 e. The van der Waals surface area contributed by atoms with Crippen LogP contribution in [0.4, 0.5) is 0 Å². The SMILES string of the molecule is CCCCCCCCCCCC[C@@H](OCOC)[C@H](N)CC/C=C/CO. The third-order valence-electron chi connectivity index (χ3n) is 4.66. The highest BCUT2D eigenvalue weighted by molar-refractivity contribution is 4.84. The molecule has 0 rings (SSSR count). The lowest BCUT2D eigenvalue weighted by Crippen LogP contribution is -2.37. The second kappa shape index (κ2) is 19.9. The molecule has 0 fully saturated rings. The first-order valence-corrected chi connectivity index (χ1v) is 10.4.